The first kappa shape index (κ1) is 13.7. The molecule has 0 radical (unpaired) electrons. The molecule has 0 aliphatic rings. The molecule has 1 aromatic heterocycles. The van der Waals surface area contributed by atoms with E-state index in [4.69, 9.17) is 10.2 Å². The van der Waals surface area contributed by atoms with E-state index >= 15 is 0 Å². The van der Waals surface area contributed by atoms with E-state index in [1.54, 1.807) is 6.20 Å². The monoisotopic (exact) mass is 239 g/mol. The van der Waals surface area contributed by atoms with Crippen molar-refractivity contribution in [3.63, 3.8) is 0 Å². The Balaban J connectivity index is 2.37. The Hall–Kier alpha value is -1.36. The molecule has 1 heterocycles. The zero-order valence-electron chi connectivity index (χ0n) is 10.7. The molecule has 0 aromatic carbocycles. The maximum absolute atomic E-state index is 11.6. The fraction of sp³-hybridized carbons (Fsp3) is 0.667. The van der Waals surface area contributed by atoms with Gasteiger partial charge >= 0.3 is 0 Å². The minimum absolute atomic E-state index is 0.157. The van der Waals surface area contributed by atoms with Crippen molar-refractivity contribution in [1.29, 1.82) is 0 Å². The van der Waals surface area contributed by atoms with Crippen molar-refractivity contribution >= 4 is 5.91 Å². The predicted molar refractivity (Wildman–Crippen MR) is 65.2 cm³/mol. The normalized spacial score (nSPS) is 12.8. The zero-order valence-corrected chi connectivity index (χ0v) is 10.7. The molecule has 1 atom stereocenters. The number of hydrogen-bond acceptors (Lipinski definition) is 4. The predicted octanol–water partition coefficient (Wildman–Crippen LogP) is 1.23. The number of amides is 1. The van der Waals surface area contributed by atoms with E-state index in [-0.39, 0.29) is 5.91 Å². The molecule has 3 N–H and O–H groups in total. The SMILES string of the molecule is CCc1cnc(CNC(=O)C(N)CC(C)C)o1. The number of aryl methyl sites for hydroxylation is 1. The summed E-state index contributed by atoms with van der Waals surface area (Å²) in [5.74, 6) is 1.59. The number of hydrogen-bond donors (Lipinski definition) is 2. The quantitative estimate of drug-likeness (QED) is 0.782. The summed E-state index contributed by atoms with van der Waals surface area (Å²) >= 11 is 0. The molecular weight excluding hydrogens is 218 g/mol. The average molecular weight is 239 g/mol. The maximum atomic E-state index is 11.6. The third-order valence-electron chi connectivity index (χ3n) is 2.43. The highest BCUT2D eigenvalue weighted by Crippen LogP contribution is 2.05. The summed E-state index contributed by atoms with van der Waals surface area (Å²) in [5, 5.41) is 2.72. The lowest BCUT2D eigenvalue weighted by atomic mass is 10.0. The molecule has 0 saturated carbocycles. The van der Waals surface area contributed by atoms with Crippen molar-refractivity contribution in [2.75, 3.05) is 0 Å². The van der Waals surface area contributed by atoms with Gasteiger partial charge in [-0.3, -0.25) is 4.79 Å². The van der Waals surface area contributed by atoms with Gasteiger partial charge in [0.2, 0.25) is 11.8 Å². The molecule has 0 aliphatic carbocycles. The van der Waals surface area contributed by atoms with Crippen molar-refractivity contribution in [2.24, 2.45) is 11.7 Å². The Morgan fingerprint density at radius 1 is 1.59 bits per heavy atom. The molecule has 1 amide bonds. The number of carbonyl (C=O) groups is 1. The van der Waals surface area contributed by atoms with E-state index in [2.05, 4.69) is 10.3 Å². The fourth-order valence-corrected chi connectivity index (χ4v) is 1.50. The van der Waals surface area contributed by atoms with Gasteiger partial charge in [0.05, 0.1) is 18.8 Å². The Morgan fingerprint density at radius 2 is 2.29 bits per heavy atom. The Labute approximate surface area is 102 Å². The van der Waals surface area contributed by atoms with Crippen LogP contribution in [0.1, 0.15) is 38.8 Å². The van der Waals surface area contributed by atoms with Gasteiger partial charge in [0.1, 0.15) is 5.76 Å². The van der Waals surface area contributed by atoms with Crippen molar-refractivity contribution in [2.45, 2.75) is 46.2 Å². The number of nitrogens with zero attached hydrogens (tertiary/aromatic N) is 1. The van der Waals surface area contributed by atoms with Gasteiger partial charge in [0.25, 0.3) is 0 Å². The van der Waals surface area contributed by atoms with Crippen LogP contribution in [0.25, 0.3) is 0 Å². The summed E-state index contributed by atoms with van der Waals surface area (Å²) in [7, 11) is 0. The lowest BCUT2D eigenvalue weighted by molar-refractivity contribution is -0.122. The summed E-state index contributed by atoms with van der Waals surface area (Å²) in [6.45, 7) is 6.36. The molecule has 5 heteroatoms. The number of rotatable bonds is 6. The number of aromatic nitrogens is 1. The highest BCUT2D eigenvalue weighted by molar-refractivity contribution is 5.81. The van der Waals surface area contributed by atoms with Crippen LogP contribution in [0.3, 0.4) is 0 Å². The Kier molecular flexibility index (Phi) is 5.15. The number of carbonyl (C=O) groups excluding carboxylic acids is 1. The van der Waals surface area contributed by atoms with E-state index in [9.17, 15) is 4.79 Å². The third-order valence-corrected chi connectivity index (χ3v) is 2.43. The van der Waals surface area contributed by atoms with Crippen LogP contribution in [0, 0.1) is 5.92 Å². The van der Waals surface area contributed by atoms with E-state index in [1.807, 2.05) is 20.8 Å². The second-order valence-electron chi connectivity index (χ2n) is 4.53. The summed E-state index contributed by atoms with van der Waals surface area (Å²) in [4.78, 5) is 15.7. The van der Waals surface area contributed by atoms with E-state index < -0.39 is 6.04 Å². The largest absolute Gasteiger partial charge is 0.444 e. The molecule has 0 spiro atoms. The van der Waals surface area contributed by atoms with Crippen LogP contribution in [0.4, 0.5) is 0 Å². The first-order valence-electron chi connectivity index (χ1n) is 5.99. The van der Waals surface area contributed by atoms with Gasteiger partial charge in [0, 0.05) is 6.42 Å². The molecule has 0 saturated heterocycles. The maximum Gasteiger partial charge on any atom is 0.237 e. The van der Waals surface area contributed by atoms with Crippen molar-refractivity contribution in [3.05, 3.63) is 17.8 Å². The van der Waals surface area contributed by atoms with Gasteiger partial charge in [-0.25, -0.2) is 4.98 Å². The van der Waals surface area contributed by atoms with Gasteiger partial charge in [-0.15, -0.1) is 0 Å². The smallest absolute Gasteiger partial charge is 0.237 e. The van der Waals surface area contributed by atoms with Crippen LogP contribution >= 0.6 is 0 Å². The molecule has 0 fully saturated rings. The molecule has 0 bridgehead atoms. The lowest BCUT2D eigenvalue weighted by Crippen LogP contribution is -2.41. The molecule has 17 heavy (non-hydrogen) atoms. The van der Waals surface area contributed by atoms with Crippen LogP contribution in [0.15, 0.2) is 10.6 Å². The van der Waals surface area contributed by atoms with E-state index in [1.165, 1.54) is 0 Å². The first-order chi connectivity index (χ1) is 8.02. The molecule has 1 unspecified atom stereocenters. The number of oxazole rings is 1. The van der Waals surface area contributed by atoms with Gasteiger partial charge in [-0.05, 0) is 12.3 Å². The highest BCUT2D eigenvalue weighted by atomic mass is 16.4. The average Bonchev–Trinajstić information content (AvgIpc) is 2.72. The number of nitrogens with one attached hydrogen (secondary N) is 1. The Bertz CT molecular complexity index is 360. The molecule has 5 nitrogen and oxygen atoms in total. The number of nitrogens with two attached hydrogens (primary N) is 1. The zero-order chi connectivity index (χ0) is 12.8. The van der Waals surface area contributed by atoms with E-state index in [0.29, 0.717) is 24.8 Å². The van der Waals surface area contributed by atoms with Gasteiger partial charge in [-0.1, -0.05) is 20.8 Å². The minimum Gasteiger partial charge on any atom is -0.444 e. The molecule has 1 aromatic rings. The van der Waals surface area contributed by atoms with Crippen LogP contribution in [0.2, 0.25) is 0 Å². The van der Waals surface area contributed by atoms with E-state index in [0.717, 1.165) is 12.2 Å². The third kappa shape index (κ3) is 4.56. The van der Waals surface area contributed by atoms with Crippen LogP contribution in [-0.2, 0) is 17.8 Å². The van der Waals surface area contributed by atoms with Crippen LogP contribution in [0.5, 0.6) is 0 Å². The first-order valence-corrected chi connectivity index (χ1v) is 5.99. The highest BCUT2D eigenvalue weighted by Gasteiger charge is 2.15. The standard InChI is InChI=1S/C12H21N3O2/c1-4-9-6-14-11(17-9)7-15-12(16)10(13)5-8(2)3/h6,8,10H,4-5,7,13H2,1-3H3,(H,15,16). The summed E-state index contributed by atoms with van der Waals surface area (Å²) < 4.78 is 5.38. The topological polar surface area (TPSA) is 81.2 Å². The second-order valence-corrected chi connectivity index (χ2v) is 4.53. The van der Waals surface area contributed by atoms with Crippen LogP contribution in [-0.4, -0.2) is 16.9 Å². The second kappa shape index (κ2) is 6.39. The van der Waals surface area contributed by atoms with Crippen molar-refractivity contribution in [3.8, 4) is 0 Å². The molecular formula is C12H21N3O2. The Morgan fingerprint density at radius 3 is 2.82 bits per heavy atom. The fourth-order valence-electron chi connectivity index (χ4n) is 1.50. The van der Waals surface area contributed by atoms with Gasteiger partial charge in [-0.2, -0.15) is 0 Å². The molecule has 0 aliphatic heterocycles. The van der Waals surface area contributed by atoms with Gasteiger partial charge in [0.15, 0.2) is 0 Å². The van der Waals surface area contributed by atoms with Crippen molar-refractivity contribution in [1.82, 2.24) is 10.3 Å². The summed E-state index contributed by atoms with van der Waals surface area (Å²) in [6, 6.07) is -0.462. The minimum atomic E-state index is -0.462. The van der Waals surface area contributed by atoms with Gasteiger partial charge < -0.3 is 15.5 Å². The van der Waals surface area contributed by atoms with Crippen LogP contribution < -0.4 is 11.1 Å². The summed E-state index contributed by atoms with van der Waals surface area (Å²) in [5.41, 5.74) is 5.75. The molecule has 1 rings (SSSR count). The lowest BCUT2D eigenvalue weighted by Gasteiger charge is -2.13. The summed E-state index contributed by atoms with van der Waals surface area (Å²) in [6.07, 6.45) is 3.15. The van der Waals surface area contributed by atoms with Crippen molar-refractivity contribution < 1.29 is 9.21 Å². The molecule has 96 valence electrons.